The van der Waals surface area contributed by atoms with E-state index in [-0.39, 0.29) is 25.7 Å². The lowest BCUT2D eigenvalue weighted by Crippen LogP contribution is -2.36. The Kier molecular flexibility index (Phi) is 12.5. The van der Waals surface area contributed by atoms with Gasteiger partial charge in [-0.2, -0.15) is 5.10 Å². The van der Waals surface area contributed by atoms with Gasteiger partial charge in [0, 0.05) is 19.2 Å². The van der Waals surface area contributed by atoms with Crippen LogP contribution in [0.3, 0.4) is 0 Å². The third kappa shape index (κ3) is 8.93. The maximum Gasteiger partial charge on any atom is 0.530 e. The number of morpholine rings is 1. The molecule has 12 nitrogen and oxygen atoms in total. The largest absolute Gasteiger partial charge is 0.530 e. The molecule has 0 aliphatic carbocycles. The number of ether oxygens (including phenoxy) is 2. The summed E-state index contributed by atoms with van der Waals surface area (Å²) in [6.45, 7) is 11.6. The Labute approximate surface area is 282 Å². The molecule has 1 N–H and O–H groups in total. The van der Waals surface area contributed by atoms with Gasteiger partial charge in [0.2, 0.25) is 0 Å². The fourth-order valence-corrected chi connectivity index (χ4v) is 6.48. The van der Waals surface area contributed by atoms with Crippen LogP contribution in [0.2, 0.25) is 0 Å². The van der Waals surface area contributed by atoms with E-state index in [1.807, 2.05) is 76.2 Å². The van der Waals surface area contributed by atoms with Crippen molar-refractivity contribution < 1.29 is 27.6 Å². The summed E-state index contributed by atoms with van der Waals surface area (Å²) in [6.07, 6.45) is 4.83. The molecule has 5 rings (SSSR count). The van der Waals surface area contributed by atoms with Gasteiger partial charge in [-0.05, 0) is 48.1 Å². The smallest absolute Gasteiger partial charge is 0.488 e. The highest BCUT2D eigenvalue weighted by Gasteiger charge is 2.31. The number of hydrogen-bond donors (Lipinski definition) is 1. The molecule has 0 bridgehead atoms. The number of aromatic amines is 1. The van der Waals surface area contributed by atoms with E-state index in [0.29, 0.717) is 54.6 Å². The average Bonchev–Trinajstić information content (AvgIpc) is 3.49. The second-order valence-electron chi connectivity index (χ2n) is 11.9. The molecular formula is C35H46N5O7P. The number of benzene rings is 2. The van der Waals surface area contributed by atoms with Crippen LogP contribution in [0.15, 0.2) is 65.6 Å². The van der Waals surface area contributed by atoms with Gasteiger partial charge in [-0.1, -0.05) is 70.9 Å². The molecule has 2 aromatic carbocycles. The van der Waals surface area contributed by atoms with Gasteiger partial charge in [0.25, 0.3) is 0 Å². The number of H-pyrrole nitrogens is 1. The molecule has 0 saturated carbocycles. The Bertz CT molecular complexity index is 1690. The van der Waals surface area contributed by atoms with Gasteiger partial charge >= 0.3 is 13.5 Å². The third-order valence-corrected chi connectivity index (χ3v) is 9.33. The van der Waals surface area contributed by atoms with Gasteiger partial charge in [0.1, 0.15) is 23.9 Å². The lowest BCUT2D eigenvalue weighted by molar-refractivity contribution is 0.122. The van der Waals surface area contributed by atoms with E-state index in [1.165, 1.54) is 4.57 Å². The van der Waals surface area contributed by atoms with Crippen molar-refractivity contribution in [1.82, 2.24) is 19.7 Å². The molecule has 13 heteroatoms. The van der Waals surface area contributed by atoms with Gasteiger partial charge in [0.05, 0.1) is 43.9 Å². The van der Waals surface area contributed by atoms with E-state index in [4.69, 9.17) is 23.0 Å². The van der Waals surface area contributed by atoms with Crippen LogP contribution in [0.5, 0.6) is 11.5 Å². The zero-order valence-electron chi connectivity index (χ0n) is 28.2. The van der Waals surface area contributed by atoms with E-state index < -0.39 is 13.5 Å². The molecule has 1 fully saturated rings. The van der Waals surface area contributed by atoms with Crippen molar-refractivity contribution in [1.29, 1.82) is 0 Å². The molecular weight excluding hydrogens is 633 g/mol. The van der Waals surface area contributed by atoms with Gasteiger partial charge in [-0.25, -0.2) is 24.0 Å². The first-order valence-electron chi connectivity index (χ1n) is 16.7. The molecule has 3 heterocycles. The highest BCUT2D eigenvalue weighted by atomic mass is 31.2. The monoisotopic (exact) mass is 679 g/mol. The van der Waals surface area contributed by atoms with Crippen molar-refractivity contribution in [2.24, 2.45) is 0 Å². The number of pyridine rings is 1. The van der Waals surface area contributed by atoms with Crippen LogP contribution in [0, 0.1) is 0 Å². The minimum Gasteiger partial charge on any atom is -0.488 e. The zero-order valence-corrected chi connectivity index (χ0v) is 29.1. The summed E-state index contributed by atoms with van der Waals surface area (Å²) in [5.41, 5.74) is 2.32. The Hall–Kier alpha value is -3.96. The second-order valence-corrected chi connectivity index (χ2v) is 13.5. The number of anilines is 1. The standard InChI is InChI=1S/C35H46N5O7P/c1-5-7-18-45-48(42,46-19-8-6-2)47-32-23-31(44-25-27-12-10-9-11-13-27)30(22-29(32)26(3)4)34-37-38-35(41)40(34)28-14-15-33(36-24-28)39-16-20-43-21-17-39/h9-15,22-24,26H,5-8,16-21,25H2,1-4H3,(H,38,41). The summed E-state index contributed by atoms with van der Waals surface area (Å²) >= 11 is 0. The number of unbranched alkanes of at least 4 members (excludes halogenated alkanes) is 2. The molecule has 1 aliphatic heterocycles. The molecule has 0 amide bonds. The van der Waals surface area contributed by atoms with Crippen molar-refractivity contribution >= 4 is 13.6 Å². The predicted molar refractivity (Wildman–Crippen MR) is 185 cm³/mol. The first-order chi connectivity index (χ1) is 23.3. The Morgan fingerprint density at radius 1 is 0.958 bits per heavy atom. The summed E-state index contributed by atoms with van der Waals surface area (Å²) in [7, 11) is -3.97. The maximum absolute atomic E-state index is 13.9. The molecule has 0 atom stereocenters. The molecule has 258 valence electrons. The summed E-state index contributed by atoms with van der Waals surface area (Å²) in [6, 6.07) is 17.0. The lowest BCUT2D eigenvalue weighted by Gasteiger charge is -2.27. The summed E-state index contributed by atoms with van der Waals surface area (Å²) in [4.78, 5) is 20.1. The minimum absolute atomic E-state index is 0.0738. The third-order valence-electron chi connectivity index (χ3n) is 7.91. The fraction of sp³-hybridized carbons (Fsp3) is 0.457. The van der Waals surface area contributed by atoms with Crippen molar-refractivity contribution in [2.75, 3.05) is 44.4 Å². The van der Waals surface area contributed by atoms with Crippen molar-refractivity contribution in [3.05, 3.63) is 82.4 Å². The van der Waals surface area contributed by atoms with E-state index in [1.54, 1.807) is 12.3 Å². The Morgan fingerprint density at radius 3 is 2.29 bits per heavy atom. The first kappa shape index (κ1) is 35.3. The lowest BCUT2D eigenvalue weighted by atomic mass is 9.98. The number of nitrogens with one attached hydrogen (secondary N) is 1. The number of hydrogen-bond acceptors (Lipinski definition) is 10. The predicted octanol–water partition coefficient (Wildman–Crippen LogP) is 7.28. The van der Waals surface area contributed by atoms with Crippen LogP contribution in [-0.4, -0.2) is 59.3 Å². The zero-order chi connectivity index (χ0) is 33.9. The second kappa shape index (κ2) is 16.9. The van der Waals surface area contributed by atoms with E-state index in [9.17, 15) is 9.36 Å². The Morgan fingerprint density at radius 2 is 1.67 bits per heavy atom. The van der Waals surface area contributed by atoms with Crippen LogP contribution in [0.25, 0.3) is 17.1 Å². The maximum atomic E-state index is 13.9. The van der Waals surface area contributed by atoms with Crippen molar-refractivity contribution in [2.45, 2.75) is 65.9 Å². The molecule has 1 aliphatic rings. The average molecular weight is 680 g/mol. The molecule has 1 saturated heterocycles. The molecule has 0 unspecified atom stereocenters. The number of phosphoric ester groups is 1. The molecule has 2 aromatic heterocycles. The van der Waals surface area contributed by atoms with Gasteiger partial charge in [-0.3, -0.25) is 9.05 Å². The molecule has 0 radical (unpaired) electrons. The number of nitrogens with zero attached hydrogens (tertiary/aromatic N) is 4. The SMILES string of the molecule is CCCCOP(=O)(OCCCC)Oc1cc(OCc2ccccc2)c(-c2n[nH]c(=O)n2-c2ccc(N3CCOCC3)nc2)cc1C(C)C. The van der Waals surface area contributed by atoms with Crippen LogP contribution < -0.4 is 19.9 Å². The molecule has 48 heavy (non-hydrogen) atoms. The van der Waals surface area contributed by atoms with E-state index in [2.05, 4.69) is 20.1 Å². The fourth-order valence-electron chi connectivity index (χ4n) is 5.20. The van der Waals surface area contributed by atoms with Crippen LogP contribution in [-0.2, 0) is 25.0 Å². The first-order valence-corrected chi connectivity index (χ1v) is 18.2. The van der Waals surface area contributed by atoms with Gasteiger partial charge in [0.15, 0.2) is 5.82 Å². The quantitative estimate of drug-likeness (QED) is 0.0898. The summed E-state index contributed by atoms with van der Waals surface area (Å²) < 4.78 is 45.0. The number of aromatic nitrogens is 4. The highest BCUT2D eigenvalue weighted by Crippen LogP contribution is 2.52. The van der Waals surface area contributed by atoms with E-state index >= 15 is 0 Å². The minimum atomic E-state index is -3.97. The highest BCUT2D eigenvalue weighted by molar-refractivity contribution is 7.48. The van der Waals surface area contributed by atoms with Crippen molar-refractivity contribution in [3.8, 4) is 28.6 Å². The Balaban J connectivity index is 1.57. The topological polar surface area (TPSA) is 130 Å². The van der Waals surface area contributed by atoms with Gasteiger partial charge < -0.3 is 18.9 Å². The van der Waals surface area contributed by atoms with Crippen molar-refractivity contribution in [3.63, 3.8) is 0 Å². The normalized spacial score (nSPS) is 13.6. The molecule has 0 spiro atoms. The molecule has 4 aromatic rings. The summed E-state index contributed by atoms with van der Waals surface area (Å²) in [5.74, 6) is 1.76. The van der Waals surface area contributed by atoms with E-state index in [0.717, 1.165) is 42.9 Å². The summed E-state index contributed by atoms with van der Waals surface area (Å²) in [5, 5.41) is 7.04. The van der Waals surface area contributed by atoms with Crippen LogP contribution in [0.4, 0.5) is 5.82 Å². The van der Waals surface area contributed by atoms with Crippen LogP contribution in [0.1, 0.15) is 70.4 Å². The number of rotatable bonds is 17. The van der Waals surface area contributed by atoms with Gasteiger partial charge in [-0.15, -0.1) is 0 Å². The number of phosphoric acid groups is 1. The van der Waals surface area contributed by atoms with Crippen LogP contribution >= 0.6 is 7.82 Å².